The van der Waals surface area contributed by atoms with Crippen molar-refractivity contribution in [2.24, 2.45) is 0 Å². The first kappa shape index (κ1) is 22.2. The van der Waals surface area contributed by atoms with Crippen LogP contribution < -0.4 is 4.31 Å². The summed E-state index contributed by atoms with van der Waals surface area (Å²) in [5.74, 6) is -0.572. The van der Waals surface area contributed by atoms with E-state index in [1.165, 1.54) is 22.6 Å². The Hall–Kier alpha value is -3.03. The van der Waals surface area contributed by atoms with Crippen molar-refractivity contribution in [3.05, 3.63) is 88.7 Å². The quantitative estimate of drug-likeness (QED) is 0.534. The molecule has 4 rings (SSSR count). The SMILES string of the molecule is C[C@H](C(=O)Cc1cnc2c(c1)N(S(=O)(=O)c1cccc(Cl)c1)CCC2=O)c1ccccc1. The summed E-state index contributed by atoms with van der Waals surface area (Å²) in [5, 5.41) is 0.298. The molecule has 0 unspecified atom stereocenters. The molecule has 8 heteroatoms. The molecule has 0 saturated heterocycles. The molecule has 0 amide bonds. The maximum absolute atomic E-state index is 13.3. The first-order valence-electron chi connectivity index (χ1n) is 10.2. The Morgan fingerprint density at radius 1 is 1.12 bits per heavy atom. The van der Waals surface area contributed by atoms with Crippen LogP contribution in [0.25, 0.3) is 0 Å². The number of sulfonamides is 1. The number of pyridine rings is 1. The number of anilines is 1. The molecule has 6 nitrogen and oxygen atoms in total. The fraction of sp³-hybridized carbons (Fsp3) is 0.208. The number of hydrogen-bond acceptors (Lipinski definition) is 5. The van der Waals surface area contributed by atoms with Crippen molar-refractivity contribution in [3.63, 3.8) is 0 Å². The zero-order valence-electron chi connectivity index (χ0n) is 17.4. The molecular formula is C24H21ClN2O4S. The van der Waals surface area contributed by atoms with Crippen molar-refractivity contribution in [2.45, 2.75) is 30.6 Å². The first-order valence-corrected chi connectivity index (χ1v) is 12.0. The molecule has 0 radical (unpaired) electrons. The molecule has 3 aromatic rings. The van der Waals surface area contributed by atoms with Crippen LogP contribution in [0.5, 0.6) is 0 Å². The lowest BCUT2D eigenvalue weighted by Gasteiger charge is -2.29. The van der Waals surface area contributed by atoms with E-state index in [0.29, 0.717) is 10.6 Å². The van der Waals surface area contributed by atoms with Gasteiger partial charge in [0.15, 0.2) is 5.78 Å². The van der Waals surface area contributed by atoms with Gasteiger partial charge in [0.2, 0.25) is 0 Å². The standard InChI is InChI=1S/C24H21ClN2O4S/c1-16(18-6-3-2-4-7-18)23(29)13-17-12-21-24(26-15-17)22(28)10-11-27(21)32(30,31)20-9-5-8-19(25)14-20/h2-9,12,14-16H,10-11,13H2,1H3/t16-/m0/s1. The summed E-state index contributed by atoms with van der Waals surface area (Å²) in [6.07, 6.45) is 1.58. The van der Waals surface area contributed by atoms with E-state index in [1.54, 1.807) is 18.2 Å². The summed E-state index contributed by atoms with van der Waals surface area (Å²) >= 11 is 5.99. The van der Waals surface area contributed by atoms with Gasteiger partial charge in [-0.05, 0) is 35.4 Å². The number of carbonyl (C=O) groups is 2. The van der Waals surface area contributed by atoms with Crippen molar-refractivity contribution in [1.82, 2.24) is 4.98 Å². The van der Waals surface area contributed by atoms with Crippen LogP contribution in [-0.2, 0) is 21.2 Å². The Labute approximate surface area is 191 Å². The lowest BCUT2D eigenvalue weighted by atomic mass is 9.93. The van der Waals surface area contributed by atoms with Crippen LogP contribution in [0.4, 0.5) is 5.69 Å². The second-order valence-electron chi connectivity index (χ2n) is 7.69. The number of Topliss-reactive ketones (excluding diaryl/α,β-unsaturated/α-hetero) is 2. The van der Waals surface area contributed by atoms with E-state index in [0.717, 1.165) is 5.56 Å². The van der Waals surface area contributed by atoms with Crippen LogP contribution in [0.15, 0.2) is 71.8 Å². The molecule has 1 atom stereocenters. The van der Waals surface area contributed by atoms with Gasteiger partial charge in [0.05, 0.1) is 10.6 Å². The maximum atomic E-state index is 13.3. The van der Waals surface area contributed by atoms with Crippen molar-refractivity contribution in [1.29, 1.82) is 0 Å². The lowest BCUT2D eigenvalue weighted by Crippen LogP contribution is -2.38. The van der Waals surface area contributed by atoms with Gasteiger partial charge in [0, 0.05) is 36.5 Å². The van der Waals surface area contributed by atoms with Gasteiger partial charge in [-0.25, -0.2) is 8.42 Å². The molecule has 0 N–H and O–H groups in total. The maximum Gasteiger partial charge on any atom is 0.264 e. The Morgan fingerprint density at radius 2 is 1.88 bits per heavy atom. The van der Waals surface area contributed by atoms with Gasteiger partial charge in [0.1, 0.15) is 11.5 Å². The lowest BCUT2D eigenvalue weighted by molar-refractivity contribution is -0.119. The molecule has 1 aliphatic heterocycles. The minimum atomic E-state index is -3.95. The van der Waals surface area contributed by atoms with Crippen LogP contribution in [0.3, 0.4) is 0 Å². The molecule has 2 aromatic carbocycles. The Kier molecular flexibility index (Phi) is 6.13. The largest absolute Gasteiger partial charge is 0.299 e. The molecule has 0 bridgehead atoms. The summed E-state index contributed by atoms with van der Waals surface area (Å²) in [6, 6.07) is 17.0. The molecule has 0 aliphatic carbocycles. The summed E-state index contributed by atoms with van der Waals surface area (Å²) in [4.78, 5) is 29.5. The highest BCUT2D eigenvalue weighted by molar-refractivity contribution is 7.92. The van der Waals surface area contributed by atoms with Crippen LogP contribution >= 0.6 is 11.6 Å². The number of hydrogen-bond donors (Lipinski definition) is 0. The van der Waals surface area contributed by atoms with E-state index in [9.17, 15) is 18.0 Å². The first-order chi connectivity index (χ1) is 15.3. The molecule has 0 fully saturated rings. The number of fused-ring (bicyclic) bond motifs is 1. The average Bonchev–Trinajstić information content (AvgIpc) is 2.79. The summed E-state index contributed by atoms with van der Waals surface area (Å²) in [6.45, 7) is 1.84. The summed E-state index contributed by atoms with van der Waals surface area (Å²) in [5.41, 5.74) is 1.74. The third kappa shape index (κ3) is 4.31. The second-order valence-corrected chi connectivity index (χ2v) is 9.99. The van der Waals surface area contributed by atoms with Crippen LogP contribution in [-0.4, -0.2) is 31.5 Å². The molecule has 2 heterocycles. The van der Waals surface area contributed by atoms with Crippen molar-refractivity contribution < 1.29 is 18.0 Å². The average molecular weight is 469 g/mol. The van der Waals surface area contributed by atoms with Gasteiger partial charge in [0.25, 0.3) is 10.0 Å². The fourth-order valence-corrected chi connectivity index (χ4v) is 5.49. The fourth-order valence-electron chi connectivity index (χ4n) is 3.72. The number of aromatic nitrogens is 1. The predicted octanol–water partition coefficient (Wildman–Crippen LogP) is 4.43. The van der Waals surface area contributed by atoms with E-state index in [2.05, 4.69) is 4.98 Å². The van der Waals surface area contributed by atoms with E-state index < -0.39 is 10.0 Å². The van der Waals surface area contributed by atoms with Crippen molar-refractivity contribution in [3.8, 4) is 0 Å². The highest BCUT2D eigenvalue weighted by atomic mass is 35.5. The minimum absolute atomic E-state index is 0.000176. The van der Waals surface area contributed by atoms with Gasteiger partial charge < -0.3 is 0 Å². The van der Waals surface area contributed by atoms with E-state index in [4.69, 9.17) is 11.6 Å². The number of ketones is 2. The Balaban J connectivity index is 1.67. The molecule has 0 spiro atoms. The summed E-state index contributed by atoms with van der Waals surface area (Å²) < 4.78 is 27.8. The van der Waals surface area contributed by atoms with Crippen LogP contribution in [0.2, 0.25) is 5.02 Å². The third-order valence-corrected chi connectivity index (χ3v) is 7.59. The molecular weight excluding hydrogens is 448 g/mol. The normalized spacial score (nSPS) is 14.7. The predicted molar refractivity (Wildman–Crippen MR) is 123 cm³/mol. The van der Waals surface area contributed by atoms with Gasteiger partial charge in [-0.3, -0.25) is 18.9 Å². The number of nitrogens with zero attached hydrogens (tertiary/aromatic N) is 2. The van der Waals surface area contributed by atoms with Crippen LogP contribution in [0, 0.1) is 0 Å². The van der Waals surface area contributed by atoms with Crippen molar-refractivity contribution in [2.75, 3.05) is 10.8 Å². The summed E-state index contributed by atoms with van der Waals surface area (Å²) in [7, 11) is -3.95. The monoisotopic (exact) mass is 468 g/mol. The molecule has 1 aliphatic rings. The number of carbonyl (C=O) groups excluding carboxylic acids is 2. The third-order valence-electron chi connectivity index (χ3n) is 5.54. The van der Waals surface area contributed by atoms with E-state index in [1.807, 2.05) is 37.3 Å². The van der Waals surface area contributed by atoms with Gasteiger partial charge in [-0.2, -0.15) is 0 Å². The second kappa shape index (κ2) is 8.84. The Morgan fingerprint density at radius 3 is 2.59 bits per heavy atom. The zero-order valence-corrected chi connectivity index (χ0v) is 18.9. The highest BCUT2D eigenvalue weighted by Gasteiger charge is 2.34. The minimum Gasteiger partial charge on any atom is -0.299 e. The molecule has 0 saturated carbocycles. The number of halogens is 1. The van der Waals surface area contributed by atoms with Crippen molar-refractivity contribution >= 4 is 38.9 Å². The topological polar surface area (TPSA) is 84.4 Å². The van der Waals surface area contributed by atoms with Gasteiger partial charge in [-0.1, -0.05) is 54.9 Å². The highest BCUT2D eigenvalue weighted by Crippen LogP contribution is 2.32. The molecule has 32 heavy (non-hydrogen) atoms. The number of rotatable bonds is 6. The Bertz CT molecular complexity index is 1290. The smallest absolute Gasteiger partial charge is 0.264 e. The molecule has 164 valence electrons. The van der Waals surface area contributed by atoms with Gasteiger partial charge in [-0.15, -0.1) is 0 Å². The van der Waals surface area contributed by atoms with Crippen LogP contribution in [0.1, 0.15) is 40.9 Å². The van der Waals surface area contributed by atoms with E-state index in [-0.39, 0.29) is 53.1 Å². The zero-order chi connectivity index (χ0) is 22.9. The molecule has 1 aromatic heterocycles. The van der Waals surface area contributed by atoms with Gasteiger partial charge >= 0.3 is 0 Å². The number of benzene rings is 2. The van der Waals surface area contributed by atoms with E-state index >= 15 is 0 Å².